The van der Waals surface area contributed by atoms with Crippen LogP contribution in [0.4, 0.5) is 4.79 Å². The lowest BCUT2D eigenvalue weighted by molar-refractivity contribution is -0.124. The minimum absolute atomic E-state index is 0.170. The number of nitrogens with zero attached hydrogens (tertiary/aromatic N) is 1. The van der Waals surface area contributed by atoms with E-state index in [1.54, 1.807) is 39.8 Å². The third kappa shape index (κ3) is 5.25. The van der Waals surface area contributed by atoms with Crippen molar-refractivity contribution in [3.05, 3.63) is 35.4 Å². The predicted octanol–water partition coefficient (Wildman–Crippen LogP) is 4.25. The van der Waals surface area contributed by atoms with E-state index in [2.05, 4.69) is 0 Å². The second kappa shape index (κ2) is 9.92. The first-order chi connectivity index (χ1) is 15.1. The van der Waals surface area contributed by atoms with Crippen molar-refractivity contribution in [2.24, 2.45) is 17.6 Å². The van der Waals surface area contributed by atoms with Gasteiger partial charge in [0.15, 0.2) is 0 Å². The van der Waals surface area contributed by atoms with Gasteiger partial charge in [-0.25, -0.2) is 9.59 Å². The number of hydrogen-bond acceptors (Lipinski definition) is 5. The fourth-order valence-electron chi connectivity index (χ4n) is 5.35. The summed E-state index contributed by atoms with van der Waals surface area (Å²) in [7, 11) is 0. The van der Waals surface area contributed by atoms with Crippen molar-refractivity contribution in [3.63, 3.8) is 0 Å². The summed E-state index contributed by atoms with van der Waals surface area (Å²) >= 11 is 0. The van der Waals surface area contributed by atoms with Gasteiger partial charge in [-0.15, -0.1) is 0 Å². The first kappa shape index (κ1) is 24.1. The van der Waals surface area contributed by atoms with Crippen LogP contribution in [0.15, 0.2) is 24.3 Å². The molecular formula is C25H36N2O5. The zero-order valence-corrected chi connectivity index (χ0v) is 19.6. The number of carbonyl (C=O) groups is 3. The van der Waals surface area contributed by atoms with Crippen LogP contribution in [0, 0.1) is 11.8 Å². The van der Waals surface area contributed by atoms with Crippen LogP contribution < -0.4 is 5.73 Å². The topological polar surface area (TPSA) is 98.9 Å². The summed E-state index contributed by atoms with van der Waals surface area (Å²) in [5.74, 6) is -1.05. The van der Waals surface area contributed by atoms with Gasteiger partial charge in [-0.3, -0.25) is 9.69 Å². The van der Waals surface area contributed by atoms with Crippen molar-refractivity contribution in [3.8, 4) is 0 Å². The lowest BCUT2D eigenvalue weighted by Crippen LogP contribution is -2.49. The van der Waals surface area contributed by atoms with Gasteiger partial charge in [0.05, 0.1) is 12.2 Å². The Hall–Kier alpha value is -2.57. The molecular weight excluding hydrogens is 408 g/mol. The van der Waals surface area contributed by atoms with Crippen LogP contribution in [-0.2, 0) is 14.3 Å². The van der Waals surface area contributed by atoms with E-state index in [4.69, 9.17) is 15.2 Å². The SMILES string of the molecule is CCOC(=O)c1ccccc1C1CN(C(=O)OC(C)(C)C)[C@H](C(N)=O)[C@@H]1C1CCCCC1. The molecule has 1 heterocycles. The fourth-order valence-corrected chi connectivity index (χ4v) is 5.35. The highest BCUT2D eigenvalue weighted by Crippen LogP contribution is 2.47. The molecule has 1 aliphatic heterocycles. The summed E-state index contributed by atoms with van der Waals surface area (Å²) in [4.78, 5) is 40.0. The van der Waals surface area contributed by atoms with Crippen molar-refractivity contribution in [1.29, 1.82) is 0 Å². The number of nitrogens with two attached hydrogens (primary N) is 1. The molecule has 176 valence electrons. The molecule has 32 heavy (non-hydrogen) atoms. The summed E-state index contributed by atoms with van der Waals surface area (Å²) in [6.07, 6.45) is 4.77. The first-order valence-corrected chi connectivity index (χ1v) is 11.7. The number of ether oxygens (including phenoxy) is 2. The smallest absolute Gasteiger partial charge is 0.411 e. The zero-order chi connectivity index (χ0) is 23.5. The molecule has 0 spiro atoms. The Morgan fingerprint density at radius 3 is 2.34 bits per heavy atom. The van der Waals surface area contributed by atoms with Crippen LogP contribution in [0.25, 0.3) is 0 Å². The van der Waals surface area contributed by atoms with Crippen molar-refractivity contribution in [2.45, 2.75) is 77.4 Å². The number of hydrogen-bond donors (Lipinski definition) is 1. The Kier molecular flexibility index (Phi) is 7.47. The number of esters is 1. The Morgan fingerprint density at radius 2 is 1.75 bits per heavy atom. The van der Waals surface area contributed by atoms with Gasteiger partial charge in [0.1, 0.15) is 11.6 Å². The van der Waals surface area contributed by atoms with Crippen LogP contribution >= 0.6 is 0 Å². The summed E-state index contributed by atoms with van der Waals surface area (Å²) in [6, 6.07) is 6.57. The molecule has 7 heteroatoms. The number of benzene rings is 1. The Labute approximate surface area is 190 Å². The highest BCUT2D eigenvalue weighted by molar-refractivity contribution is 5.92. The van der Waals surface area contributed by atoms with E-state index in [1.165, 1.54) is 11.3 Å². The van der Waals surface area contributed by atoms with Crippen LogP contribution in [0.1, 0.15) is 81.6 Å². The van der Waals surface area contributed by atoms with Gasteiger partial charge < -0.3 is 15.2 Å². The van der Waals surface area contributed by atoms with E-state index >= 15 is 0 Å². The molecule has 2 fully saturated rings. The average Bonchev–Trinajstić information content (AvgIpc) is 3.14. The number of carbonyl (C=O) groups excluding carboxylic acids is 3. The number of likely N-dealkylation sites (tertiary alicyclic amines) is 1. The van der Waals surface area contributed by atoms with E-state index in [-0.39, 0.29) is 30.9 Å². The predicted molar refractivity (Wildman–Crippen MR) is 121 cm³/mol. The molecule has 1 saturated carbocycles. The standard InChI is InChI=1S/C25H36N2O5/c1-5-31-23(29)18-14-10-9-13-17(18)19-15-27(24(30)32-25(2,3)4)21(22(26)28)20(19)16-11-7-6-8-12-16/h9-10,13-14,16,19-21H,5-8,11-12,15H2,1-4H3,(H2,26,28)/t19?,20-,21+/m1/s1. The van der Waals surface area contributed by atoms with Gasteiger partial charge in [0.2, 0.25) is 5.91 Å². The summed E-state index contributed by atoms with van der Waals surface area (Å²) in [5.41, 5.74) is 6.48. The van der Waals surface area contributed by atoms with Gasteiger partial charge in [-0.2, -0.15) is 0 Å². The maximum Gasteiger partial charge on any atom is 0.411 e. The molecule has 1 aliphatic carbocycles. The molecule has 7 nitrogen and oxygen atoms in total. The van der Waals surface area contributed by atoms with Crippen molar-refractivity contribution in [1.82, 2.24) is 4.90 Å². The maximum absolute atomic E-state index is 13.1. The molecule has 1 aromatic carbocycles. The molecule has 0 aromatic heterocycles. The Bertz CT molecular complexity index is 841. The zero-order valence-electron chi connectivity index (χ0n) is 19.6. The van der Waals surface area contributed by atoms with Gasteiger partial charge in [-0.05, 0) is 51.2 Å². The third-order valence-corrected chi connectivity index (χ3v) is 6.53. The van der Waals surface area contributed by atoms with Gasteiger partial charge in [0, 0.05) is 12.5 Å². The molecule has 3 atom stereocenters. The van der Waals surface area contributed by atoms with Crippen molar-refractivity contribution < 1.29 is 23.9 Å². The molecule has 2 N–H and O–H groups in total. The molecule has 1 saturated heterocycles. The van der Waals surface area contributed by atoms with Crippen molar-refractivity contribution >= 4 is 18.0 Å². The molecule has 0 radical (unpaired) electrons. The number of amides is 2. The number of rotatable bonds is 5. The van der Waals surface area contributed by atoms with Crippen LogP contribution in [0.2, 0.25) is 0 Å². The lowest BCUT2D eigenvalue weighted by atomic mass is 9.70. The van der Waals surface area contributed by atoms with E-state index in [0.717, 1.165) is 31.2 Å². The molecule has 1 unspecified atom stereocenters. The highest BCUT2D eigenvalue weighted by Gasteiger charge is 2.52. The van der Waals surface area contributed by atoms with Gasteiger partial charge in [0.25, 0.3) is 0 Å². The first-order valence-electron chi connectivity index (χ1n) is 11.7. The monoisotopic (exact) mass is 444 g/mol. The second-order valence-corrected chi connectivity index (χ2v) is 9.87. The molecule has 3 rings (SSSR count). The van der Waals surface area contributed by atoms with Crippen LogP contribution in [0.3, 0.4) is 0 Å². The van der Waals surface area contributed by atoms with E-state index in [9.17, 15) is 14.4 Å². The lowest BCUT2D eigenvalue weighted by Gasteiger charge is -2.35. The minimum Gasteiger partial charge on any atom is -0.462 e. The molecule has 2 aliphatic rings. The Morgan fingerprint density at radius 1 is 1.09 bits per heavy atom. The summed E-state index contributed by atoms with van der Waals surface area (Å²) in [6.45, 7) is 7.72. The van der Waals surface area contributed by atoms with Gasteiger partial charge in [-0.1, -0.05) is 50.3 Å². The van der Waals surface area contributed by atoms with E-state index < -0.39 is 29.6 Å². The number of primary amides is 1. The quantitative estimate of drug-likeness (QED) is 0.685. The van der Waals surface area contributed by atoms with Gasteiger partial charge >= 0.3 is 12.1 Å². The maximum atomic E-state index is 13.1. The molecule has 1 aromatic rings. The molecule has 0 bridgehead atoms. The highest BCUT2D eigenvalue weighted by atomic mass is 16.6. The fraction of sp³-hybridized carbons (Fsp3) is 0.640. The normalized spacial score (nSPS) is 24.2. The summed E-state index contributed by atoms with van der Waals surface area (Å²) < 4.78 is 10.9. The average molecular weight is 445 g/mol. The molecule has 2 amide bonds. The Balaban J connectivity index is 2.06. The van der Waals surface area contributed by atoms with Crippen LogP contribution in [0.5, 0.6) is 0 Å². The van der Waals surface area contributed by atoms with E-state index in [0.29, 0.717) is 5.56 Å². The third-order valence-electron chi connectivity index (χ3n) is 6.53. The second-order valence-electron chi connectivity index (χ2n) is 9.87. The van der Waals surface area contributed by atoms with E-state index in [1.807, 2.05) is 12.1 Å². The van der Waals surface area contributed by atoms with Crippen molar-refractivity contribution in [2.75, 3.05) is 13.2 Å². The minimum atomic E-state index is -0.770. The largest absolute Gasteiger partial charge is 0.462 e. The van der Waals surface area contributed by atoms with Crippen LogP contribution in [-0.4, -0.2) is 47.7 Å². The summed E-state index contributed by atoms with van der Waals surface area (Å²) in [5, 5.41) is 0.